The van der Waals surface area contributed by atoms with Gasteiger partial charge in [0.2, 0.25) is 5.91 Å². The molecule has 3 amide bonds. The van der Waals surface area contributed by atoms with Crippen LogP contribution in [0.5, 0.6) is 5.75 Å². The third-order valence-electron chi connectivity index (χ3n) is 4.92. The van der Waals surface area contributed by atoms with E-state index < -0.39 is 29.3 Å². The Kier molecular flexibility index (Phi) is 7.67. The Morgan fingerprint density at radius 1 is 1.09 bits per heavy atom. The molecule has 1 unspecified atom stereocenters. The van der Waals surface area contributed by atoms with Gasteiger partial charge in [-0.3, -0.25) is 19.3 Å². The minimum absolute atomic E-state index is 0.0178. The van der Waals surface area contributed by atoms with Crippen LogP contribution >= 0.6 is 23.1 Å². The molecule has 0 saturated carbocycles. The number of amides is 3. The molecule has 0 radical (unpaired) electrons. The van der Waals surface area contributed by atoms with E-state index in [1.54, 1.807) is 48.5 Å². The first kappa shape index (κ1) is 26.0. The van der Waals surface area contributed by atoms with Crippen LogP contribution in [0.4, 0.5) is 11.4 Å². The van der Waals surface area contributed by atoms with Crippen molar-refractivity contribution in [2.24, 2.45) is 5.73 Å². The van der Waals surface area contributed by atoms with Crippen molar-refractivity contribution in [3.63, 3.8) is 0 Å². The standard InChI is InChI=1S/C24H26ClN5O4S/c1-24(2,3)28-22(32)19(13-5-11-16(34-4)12-6-13)30(15-9-7-14(25)8-10-15)23(33)20-17(26)18(21(27)31)29-35-20/h5-12,19H,26H2,1-4H3,(H2,27,31)(H,28,32). The van der Waals surface area contributed by atoms with Gasteiger partial charge in [0, 0.05) is 16.2 Å². The number of benzene rings is 2. The molecule has 3 aromatic rings. The molecular weight excluding hydrogens is 490 g/mol. The Morgan fingerprint density at radius 2 is 1.69 bits per heavy atom. The lowest BCUT2D eigenvalue weighted by molar-refractivity contribution is -0.123. The highest BCUT2D eigenvalue weighted by Crippen LogP contribution is 2.34. The van der Waals surface area contributed by atoms with Crippen LogP contribution in [0.15, 0.2) is 48.5 Å². The minimum Gasteiger partial charge on any atom is -0.497 e. The molecule has 11 heteroatoms. The molecule has 0 bridgehead atoms. The topological polar surface area (TPSA) is 141 Å². The summed E-state index contributed by atoms with van der Waals surface area (Å²) in [6.45, 7) is 5.51. The van der Waals surface area contributed by atoms with Gasteiger partial charge in [-0.2, -0.15) is 4.37 Å². The maximum atomic E-state index is 13.9. The minimum atomic E-state index is -1.10. The van der Waals surface area contributed by atoms with Gasteiger partial charge in [0.05, 0.1) is 12.8 Å². The smallest absolute Gasteiger partial charge is 0.273 e. The molecule has 0 fully saturated rings. The van der Waals surface area contributed by atoms with Crippen molar-refractivity contribution in [2.75, 3.05) is 17.7 Å². The van der Waals surface area contributed by atoms with E-state index in [-0.39, 0.29) is 16.3 Å². The van der Waals surface area contributed by atoms with E-state index in [2.05, 4.69) is 9.69 Å². The van der Waals surface area contributed by atoms with E-state index in [9.17, 15) is 14.4 Å². The second kappa shape index (κ2) is 10.3. The molecular formula is C24H26ClN5O4S. The molecule has 0 aliphatic rings. The van der Waals surface area contributed by atoms with Crippen molar-refractivity contribution in [3.8, 4) is 5.75 Å². The van der Waals surface area contributed by atoms with E-state index in [1.165, 1.54) is 12.0 Å². The molecule has 1 aromatic heterocycles. The number of carbonyl (C=O) groups is 3. The van der Waals surface area contributed by atoms with Crippen molar-refractivity contribution >= 4 is 52.2 Å². The number of nitrogens with two attached hydrogens (primary N) is 2. The molecule has 1 heterocycles. The summed E-state index contributed by atoms with van der Waals surface area (Å²) >= 11 is 6.82. The summed E-state index contributed by atoms with van der Waals surface area (Å²) in [4.78, 5) is 40.5. The molecule has 35 heavy (non-hydrogen) atoms. The fourth-order valence-electron chi connectivity index (χ4n) is 3.37. The third-order valence-corrected chi connectivity index (χ3v) is 6.02. The van der Waals surface area contributed by atoms with E-state index in [4.69, 9.17) is 27.8 Å². The normalized spacial score (nSPS) is 12.0. The number of carbonyl (C=O) groups excluding carboxylic acids is 3. The molecule has 0 spiro atoms. The van der Waals surface area contributed by atoms with Gasteiger partial charge in [-0.25, -0.2) is 0 Å². The number of halogens is 1. The van der Waals surface area contributed by atoms with E-state index >= 15 is 0 Å². The first-order valence-electron chi connectivity index (χ1n) is 10.5. The van der Waals surface area contributed by atoms with E-state index in [0.29, 0.717) is 22.0 Å². The average molecular weight is 516 g/mol. The molecule has 0 aliphatic carbocycles. The Morgan fingerprint density at radius 3 is 2.17 bits per heavy atom. The Hall–Kier alpha value is -3.63. The van der Waals surface area contributed by atoms with Gasteiger partial charge in [0.1, 0.15) is 16.7 Å². The lowest BCUT2D eigenvalue weighted by Gasteiger charge is -2.33. The van der Waals surface area contributed by atoms with Crippen LogP contribution in [0.25, 0.3) is 0 Å². The van der Waals surface area contributed by atoms with Gasteiger partial charge in [-0.1, -0.05) is 23.7 Å². The number of primary amides is 1. The van der Waals surface area contributed by atoms with Gasteiger partial charge >= 0.3 is 0 Å². The zero-order chi connectivity index (χ0) is 25.9. The van der Waals surface area contributed by atoms with Crippen molar-refractivity contribution in [1.82, 2.24) is 9.69 Å². The van der Waals surface area contributed by atoms with Crippen LogP contribution in [0, 0.1) is 0 Å². The number of nitrogens with one attached hydrogen (secondary N) is 1. The van der Waals surface area contributed by atoms with Gasteiger partial charge in [-0.15, -0.1) is 0 Å². The number of hydrogen-bond acceptors (Lipinski definition) is 7. The highest BCUT2D eigenvalue weighted by molar-refractivity contribution is 7.09. The van der Waals surface area contributed by atoms with Crippen LogP contribution in [0.1, 0.15) is 52.5 Å². The van der Waals surface area contributed by atoms with E-state index in [0.717, 1.165) is 11.5 Å². The highest BCUT2D eigenvalue weighted by Gasteiger charge is 2.37. The van der Waals surface area contributed by atoms with Gasteiger partial charge in [0.15, 0.2) is 5.69 Å². The Balaban J connectivity index is 2.22. The number of ether oxygens (including phenoxy) is 1. The average Bonchev–Trinajstić information content (AvgIpc) is 3.18. The van der Waals surface area contributed by atoms with Crippen LogP contribution in [0.2, 0.25) is 5.02 Å². The molecule has 5 N–H and O–H groups in total. The second-order valence-electron chi connectivity index (χ2n) is 8.70. The predicted molar refractivity (Wildman–Crippen MR) is 137 cm³/mol. The van der Waals surface area contributed by atoms with Crippen LogP contribution < -0.4 is 26.4 Å². The van der Waals surface area contributed by atoms with Gasteiger partial charge in [-0.05, 0) is 74.3 Å². The highest BCUT2D eigenvalue weighted by atomic mass is 35.5. The lowest BCUT2D eigenvalue weighted by atomic mass is 10.00. The third kappa shape index (κ3) is 5.90. The molecule has 1 atom stereocenters. The van der Waals surface area contributed by atoms with Crippen LogP contribution in [0.3, 0.4) is 0 Å². The summed E-state index contributed by atoms with van der Waals surface area (Å²) < 4.78 is 9.19. The van der Waals surface area contributed by atoms with Crippen molar-refractivity contribution in [1.29, 1.82) is 0 Å². The van der Waals surface area contributed by atoms with E-state index in [1.807, 2.05) is 20.8 Å². The SMILES string of the molecule is COc1ccc(C(C(=O)NC(C)(C)C)N(C(=O)c2snc(C(N)=O)c2N)c2ccc(Cl)cc2)cc1. The number of nitrogens with zero attached hydrogens (tertiary/aromatic N) is 2. The molecule has 3 rings (SSSR count). The molecule has 9 nitrogen and oxygen atoms in total. The molecule has 0 saturated heterocycles. The maximum Gasteiger partial charge on any atom is 0.273 e. The second-order valence-corrected chi connectivity index (χ2v) is 9.91. The zero-order valence-electron chi connectivity index (χ0n) is 19.7. The molecule has 184 valence electrons. The van der Waals surface area contributed by atoms with Crippen LogP contribution in [-0.2, 0) is 4.79 Å². The summed E-state index contributed by atoms with van der Waals surface area (Å²) in [7, 11) is 1.53. The van der Waals surface area contributed by atoms with Crippen molar-refractivity contribution in [2.45, 2.75) is 32.4 Å². The first-order valence-corrected chi connectivity index (χ1v) is 11.7. The summed E-state index contributed by atoms with van der Waals surface area (Å²) in [6, 6.07) is 12.1. The largest absolute Gasteiger partial charge is 0.497 e. The predicted octanol–water partition coefficient (Wildman–Crippen LogP) is 3.79. The summed E-state index contributed by atoms with van der Waals surface area (Å²) in [6.07, 6.45) is 0. The van der Waals surface area contributed by atoms with Crippen LogP contribution in [-0.4, -0.2) is 34.7 Å². The molecule has 0 aliphatic heterocycles. The first-order chi connectivity index (χ1) is 16.4. The number of nitrogen functional groups attached to an aromatic ring is 1. The van der Waals surface area contributed by atoms with Gasteiger partial charge < -0.3 is 21.5 Å². The number of anilines is 2. The van der Waals surface area contributed by atoms with Crippen molar-refractivity contribution < 1.29 is 19.1 Å². The number of aromatic nitrogens is 1. The van der Waals surface area contributed by atoms with Crippen molar-refractivity contribution in [3.05, 3.63) is 69.7 Å². The lowest BCUT2D eigenvalue weighted by Crippen LogP contribution is -2.49. The number of rotatable bonds is 7. The fraction of sp³-hybridized carbons (Fsp3) is 0.250. The fourth-order valence-corrected chi connectivity index (χ4v) is 4.23. The summed E-state index contributed by atoms with van der Waals surface area (Å²) in [5, 5.41) is 3.40. The summed E-state index contributed by atoms with van der Waals surface area (Å²) in [5.74, 6) is -1.32. The van der Waals surface area contributed by atoms with Gasteiger partial charge in [0.25, 0.3) is 11.8 Å². The number of methoxy groups -OCH3 is 1. The maximum absolute atomic E-state index is 13.9. The summed E-state index contributed by atoms with van der Waals surface area (Å²) in [5.41, 5.74) is 11.4. The quantitative estimate of drug-likeness (QED) is 0.437. The Bertz CT molecular complexity index is 1240. The zero-order valence-corrected chi connectivity index (χ0v) is 21.2. The molecule has 2 aromatic carbocycles. The Labute approximate surface area is 212 Å². The monoisotopic (exact) mass is 515 g/mol. The number of hydrogen-bond donors (Lipinski definition) is 3.